The Bertz CT molecular complexity index is 817. The second kappa shape index (κ2) is 11.2. The van der Waals surface area contributed by atoms with E-state index in [1.165, 1.54) is 5.56 Å². The monoisotopic (exact) mass is 396 g/mol. The van der Waals surface area contributed by atoms with E-state index in [0.717, 1.165) is 30.0 Å². The lowest BCUT2D eigenvalue weighted by Gasteiger charge is -2.13. The molecule has 6 nitrogen and oxygen atoms in total. The number of aliphatic hydroxyl groups is 1. The first kappa shape index (κ1) is 20.9. The van der Waals surface area contributed by atoms with E-state index in [1.54, 1.807) is 19.6 Å². The summed E-state index contributed by atoms with van der Waals surface area (Å²) in [6.45, 7) is 1.53. The second-order valence-electron chi connectivity index (χ2n) is 6.81. The van der Waals surface area contributed by atoms with Gasteiger partial charge in [0.2, 0.25) is 0 Å². The first-order valence-corrected chi connectivity index (χ1v) is 9.84. The van der Waals surface area contributed by atoms with Crippen molar-refractivity contribution in [1.82, 2.24) is 9.55 Å². The molecule has 0 amide bonds. The van der Waals surface area contributed by atoms with E-state index in [9.17, 15) is 5.11 Å². The van der Waals surface area contributed by atoms with Gasteiger partial charge in [-0.05, 0) is 61.2 Å². The van der Waals surface area contributed by atoms with Crippen LogP contribution in [0.5, 0.6) is 11.5 Å². The largest absolute Gasteiger partial charge is 0.494 e. The summed E-state index contributed by atoms with van der Waals surface area (Å²) in [4.78, 5) is 4.04. The Morgan fingerprint density at radius 1 is 0.966 bits per heavy atom. The van der Waals surface area contributed by atoms with Crippen LogP contribution in [0.3, 0.4) is 0 Å². The molecule has 0 saturated carbocycles. The number of hydrogen-bond acceptors (Lipinski definition) is 5. The summed E-state index contributed by atoms with van der Waals surface area (Å²) in [7, 11) is 1.70. The molecule has 6 heteroatoms. The maximum absolute atomic E-state index is 10.1. The number of benzene rings is 2. The number of rotatable bonds is 12. The normalized spacial score (nSPS) is 11.9. The van der Waals surface area contributed by atoms with Crippen LogP contribution in [0.2, 0.25) is 0 Å². The smallest absolute Gasteiger partial charge is 0.119 e. The molecule has 154 valence electrons. The van der Waals surface area contributed by atoms with Crippen molar-refractivity contribution >= 4 is 0 Å². The van der Waals surface area contributed by atoms with Gasteiger partial charge in [-0.1, -0.05) is 12.1 Å². The molecular weight excluding hydrogens is 368 g/mol. The maximum atomic E-state index is 10.1. The van der Waals surface area contributed by atoms with Gasteiger partial charge in [-0.3, -0.25) is 0 Å². The van der Waals surface area contributed by atoms with Gasteiger partial charge in [0, 0.05) is 25.2 Å². The zero-order valence-electron chi connectivity index (χ0n) is 16.7. The lowest BCUT2D eigenvalue weighted by molar-refractivity contribution is 0.0938. The van der Waals surface area contributed by atoms with Crippen LogP contribution in [0.4, 0.5) is 0 Å². The fourth-order valence-corrected chi connectivity index (χ4v) is 2.88. The number of aliphatic hydroxyl groups excluding tert-OH is 1. The minimum atomic E-state index is -0.518. The van der Waals surface area contributed by atoms with Crippen LogP contribution in [-0.4, -0.2) is 47.7 Å². The van der Waals surface area contributed by atoms with Gasteiger partial charge in [0.25, 0.3) is 0 Å². The van der Waals surface area contributed by atoms with Gasteiger partial charge < -0.3 is 23.9 Å². The Hall–Kier alpha value is -2.83. The molecule has 29 heavy (non-hydrogen) atoms. The molecule has 1 N–H and O–H groups in total. The van der Waals surface area contributed by atoms with Gasteiger partial charge in [0.05, 0.1) is 25.6 Å². The number of aromatic nitrogens is 2. The van der Waals surface area contributed by atoms with Gasteiger partial charge in [-0.2, -0.15) is 0 Å². The van der Waals surface area contributed by atoms with Crippen LogP contribution in [-0.2, 0) is 11.2 Å². The molecule has 0 aliphatic rings. The van der Waals surface area contributed by atoms with E-state index in [0.29, 0.717) is 19.6 Å². The predicted molar refractivity (Wildman–Crippen MR) is 112 cm³/mol. The number of nitrogens with zero attached hydrogens (tertiary/aromatic N) is 2. The quantitative estimate of drug-likeness (QED) is 0.473. The molecule has 0 spiro atoms. The molecule has 0 aliphatic heterocycles. The van der Waals surface area contributed by atoms with Gasteiger partial charge in [0.15, 0.2) is 0 Å². The van der Waals surface area contributed by atoms with E-state index in [4.69, 9.17) is 14.2 Å². The van der Waals surface area contributed by atoms with Crippen LogP contribution >= 0.6 is 0 Å². The molecule has 3 rings (SSSR count). The molecule has 0 radical (unpaired) electrons. The van der Waals surface area contributed by atoms with Crippen molar-refractivity contribution in [1.29, 1.82) is 0 Å². The van der Waals surface area contributed by atoms with Crippen molar-refractivity contribution in [3.05, 3.63) is 72.8 Å². The van der Waals surface area contributed by atoms with Crippen LogP contribution in [0.25, 0.3) is 5.69 Å². The molecule has 2 aromatic carbocycles. The van der Waals surface area contributed by atoms with Crippen molar-refractivity contribution in [2.45, 2.75) is 25.4 Å². The zero-order valence-corrected chi connectivity index (χ0v) is 16.7. The van der Waals surface area contributed by atoms with Crippen molar-refractivity contribution in [2.24, 2.45) is 0 Å². The molecule has 1 heterocycles. The lowest BCUT2D eigenvalue weighted by Crippen LogP contribution is -2.18. The van der Waals surface area contributed by atoms with Gasteiger partial charge in [0.1, 0.15) is 18.1 Å². The second-order valence-corrected chi connectivity index (χ2v) is 6.81. The van der Waals surface area contributed by atoms with E-state index >= 15 is 0 Å². The van der Waals surface area contributed by atoms with Crippen LogP contribution < -0.4 is 9.47 Å². The molecule has 0 bridgehead atoms. The molecule has 0 fully saturated rings. The highest BCUT2D eigenvalue weighted by Crippen LogP contribution is 2.16. The average Bonchev–Trinajstić information content (AvgIpc) is 3.30. The fourth-order valence-electron chi connectivity index (χ4n) is 2.88. The predicted octanol–water partition coefficient (Wildman–Crippen LogP) is 3.66. The number of imidazole rings is 1. The van der Waals surface area contributed by atoms with Gasteiger partial charge in [-0.25, -0.2) is 4.98 Å². The maximum Gasteiger partial charge on any atom is 0.119 e. The minimum Gasteiger partial charge on any atom is -0.494 e. The fraction of sp³-hybridized carbons (Fsp3) is 0.348. The van der Waals surface area contributed by atoms with E-state index < -0.39 is 6.10 Å². The molecule has 0 aliphatic carbocycles. The molecule has 3 aromatic rings. The summed E-state index contributed by atoms with van der Waals surface area (Å²) in [5, 5.41) is 10.1. The van der Waals surface area contributed by atoms with Crippen LogP contribution in [0, 0.1) is 0 Å². The van der Waals surface area contributed by atoms with E-state index in [-0.39, 0.29) is 6.61 Å². The molecule has 1 atom stereocenters. The standard InChI is InChI=1S/C23H28N2O4/c1-27-16-12-19-4-8-23(9-5-19)29-17-21(26)3-2-15-28-22-10-6-20(7-11-22)25-14-13-24-18-25/h4-11,13-14,18,21,26H,2-3,12,15-17H2,1H3. The summed E-state index contributed by atoms with van der Waals surface area (Å²) in [6.07, 6.45) is 7.14. The third-order valence-electron chi connectivity index (χ3n) is 4.55. The highest BCUT2D eigenvalue weighted by molar-refractivity contribution is 5.37. The Balaban J connectivity index is 1.31. The Morgan fingerprint density at radius 2 is 1.69 bits per heavy atom. The summed E-state index contributed by atoms with van der Waals surface area (Å²) >= 11 is 0. The molecule has 0 saturated heterocycles. The SMILES string of the molecule is COCCc1ccc(OCC(O)CCCOc2ccc(-n3ccnc3)cc2)cc1. The van der Waals surface area contributed by atoms with Crippen molar-refractivity contribution in [2.75, 3.05) is 26.9 Å². The summed E-state index contributed by atoms with van der Waals surface area (Å²) < 4.78 is 18.4. The van der Waals surface area contributed by atoms with E-state index in [2.05, 4.69) is 4.98 Å². The third kappa shape index (κ3) is 6.93. The number of methoxy groups -OCH3 is 1. The summed E-state index contributed by atoms with van der Waals surface area (Å²) in [5.41, 5.74) is 2.24. The number of hydrogen-bond donors (Lipinski definition) is 1. The average molecular weight is 396 g/mol. The molecular formula is C23H28N2O4. The minimum absolute atomic E-state index is 0.275. The van der Waals surface area contributed by atoms with Gasteiger partial charge >= 0.3 is 0 Å². The highest BCUT2D eigenvalue weighted by Gasteiger charge is 2.06. The Labute approximate surface area is 171 Å². The van der Waals surface area contributed by atoms with Crippen molar-refractivity contribution in [3.63, 3.8) is 0 Å². The topological polar surface area (TPSA) is 65.7 Å². The van der Waals surface area contributed by atoms with Crippen molar-refractivity contribution in [3.8, 4) is 17.2 Å². The van der Waals surface area contributed by atoms with E-state index in [1.807, 2.05) is 59.3 Å². The number of ether oxygens (including phenoxy) is 3. The Morgan fingerprint density at radius 3 is 2.38 bits per heavy atom. The zero-order chi connectivity index (χ0) is 20.3. The van der Waals surface area contributed by atoms with Crippen LogP contribution in [0.1, 0.15) is 18.4 Å². The molecule has 1 unspecified atom stereocenters. The first-order valence-electron chi connectivity index (χ1n) is 9.84. The van der Waals surface area contributed by atoms with Crippen LogP contribution in [0.15, 0.2) is 67.3 Å². The third-order valence-corrected chi connectivity index (χ3v) is 4.55. The van der Waals surface area contributed by atoms with Gasteiger partial charge in [-0.15, -0.1) is 0 Å². The molecule has 1 aromatic heterocycles. The lowest BCUT2D eigenvalue weighted by atomic mass is 10.1. The van der Waals surface area contributed by atoms with Crippen molar-refractivity contribution < 1.29 is 19.3 Å². The summed E-state index contributed by atoms with van der Waals surface area (Å²) in [6, 6.07) is 15.7. The Kier molecular flexibility index (Phi) is 8.10. The summed E-state index contributed by atoms with van der Waals surface area (Å²) in [5.74, 6) is 1.58. The highest BCUT2D eigenvalue weighted by atomic mass is 16.5. The first-order chi connectivity index (χ1) is 14.2.